The van der Waals surface area contributed by atoms with Crippen molar-refractivity contribution in [2.75, 3.05) is 31.1 Å². The Morgan fingerprint density at radius 1 is 1.07 bits per heavy atom. The molecule has 0 radical (unpaired) electrons. The minimum atomic E-state index is 0.0301. The first-order valence-electron chi connectivity index (χ1n) is 10.6. The van der Waals surface area contributed by atoms with E-state index in [0.717, 1.165) is 54.6 Å². The van der Waals surface area contributed by atoms with Gasteiger partial charge in [0.1, 0.15) is 0 Å². The Morgan fingerprint density at radius 3 is 2.62 bits per heavy atom. The summed E-state index contributed by atoms with van der Waals surface area (Å²) in [5.74, 6) is 1.45. The molecule has 2 fully saturated rings. The average molecular weight is 393 g/mol. The highest BCUT2D eigenvalue weighted by molar-refractivity contribution is 5.73. The summed E-state index contributed by atoms with van der Waals surface area (Å²) in [5.41, 5.74) is 3.64. The molecule has 0 saturated carbocycles. The number of aromatic nitrogens is 3. The third-order valence-electron chi connectivity index (χ3n) is 6.53. The number of rotatable bonds is 2. The maximum Gasteiger partial charge on any atom is 0.251 e. The second-order valence-electron chi connectivity index (χ2n) is 8.73. The van der Waals surface area contributed by atoms with Crippen molar-refractivity contribution in [1.29, 1.82) is 0 Å². The van der Waals surface area contributed by atoms with Crippen LogP contribution in [0.25, 0.3) is 11.3 Å². The van der Waals surface area contributed by atoms with Crippen LogP contribution < -0.4 is 10.5 Å². The molecule has 2 bridgehead atoms. The smallest absolute Gasteiger partial charge is 0.251 e. The number of carbonyl (C=O) groups excluding carboxylic acids is 1. The molecule has 5 heterocycles. The highest BCUT2D eigenvalue weighted by Crippen LogP contribution is 2.36. The number of amides is 1. The molecule has 152 valence electrons. The van der Waals surface area contributed by atoms with Gasteiger partial charge in [0.25, 0.3) is 5.56 Å². The van der Waals surface area contributed by atoms with Crippen molar-refractivity contribution in [3.63, 3.8) is 0 Å². The van der Waals surface area contributed by atoms with Crippen LogP contribution in [0.2, 0.25) is 0 Å². The van der Waals surface area contributed by atoms with E-state index in [1.54, 1.807) is 13.0 Å². The standard InChI is InChI=1S/C22H27N5O2/c1-14-7-19(24-22(23-14)25-5-3-4-6-25)17-9-20-18-8-16(11-26(13-18)15(2)28)12-27(20)21(29)10-17/h7,9-10,16,18H,3-6,8,11-13H2,1-2H3/t16-,18+/m0/s1. The minimum absolute atomic E-state index is 0.0301. The predicted molar refractivity (Wildman–Crippen MR) is 111 cm³/mol. The van der Waals surface area contributed by atoms with Gasteiger partial charge in [-0.05, 0) is 44.2 Å². The lowest BCUT2D eigenvalue weighted by molar-refractivity contribution is -0.131. The molecule has 7 heteroatoms. The fourth-order valence-electron chi connectivity index (χ4n) is 5.12. The number of anilines is 1. The monoisotopic (exact) mass is 393 g/mol. The summed E-state index contributed by atoms with van der Waals surface area (Å²) in [6.45, 7) is 7.72. The molecule has 1 amide bonds. The van der Waals surface area contributed by atoms with E-state index in [0.29, 0.717) is 19.0 Å². The molecule has 0 aromatic carbocycles. The van der Waals surface area contributed by atoms with Crippen molar-refractivity contribution in [3.05, 3.63) is 39.9 Å². The van der Waals surface area contributed by atoms with Crippen LogP contribution in [0, 0.1) is 12.8 Å². The van der Waals surface area contributed by atoms with Gasteiger partial charge in [0.2, 0.25) is 11.9 Å². The van der Waals surface area contributed by atoms with Crippen LogP contribution in [0.3, 0.4) is 0 Å². The van der Waals surface area contributed by atoms with Gasteiger partial charge < -0.3 is 14.4 Å². The lowest BCUT2D eigenvalue weighted by Gasteiger charge is -2.42. The average Bonchev–Trinajstić information content (AvgIpc) is 3.23. The number of likely N-dealkylation sites (tertiary alicyclic amines) is 1. The van der Waals surface area contributed by atoms with Gasteiger partial charge in [0.15, 0.2) is 0 Å². The zero-order chi connectivity index (χ0) is 20.1. The van der Waals surface area contributed by atoms with Crippen molar-refractivity contribution in [2.45, 2.75) is 45.6 Å². The number of hydrogen-bond donors (Lipinski definition) is 0. The molecule has 2 aromatic heterocycles. The summed E-state index contributed by atoms with van der Waals surface area (Å²) in [6, 6.07) is 5.78. The number of aryl methyl sites for hydroxylation is 1. The van der Waals surface area contributed by atoms with Crippen LogP contribution in [0.5, 0.6) is 0 Å². The van der Waals surface area contributed by atoms with Crippen LogP contribution in [0.15, 0.2) is 23.0 Å². The molecule has 0 spiro atoms. The Hall–Kier alpha value is -2.70. The summed E-state index contributed by atoms with van der Waals surface area (Å²) in [5, 5.41) is 0. The molecular weight excluding hydrogens is 366 g/mol. The van der Waals surface area contributed by atoms with Gasteiger partial charge >= 0.3 is 0 Å². The Labute approximate surface area is 170 Å². The summed E-state index contributed by atoms with van der Waals surface area (Å²) in [4.78, 5) is 38.5. The molecule has 5 rings (SSSR count). The number of nitrogens with zero attached hydrogens (tertiary/aromatic N) is 5. The zero-order valence-electron chi connectivity index (χ0n) is 17.1. The topological polar surface area (TPSA) is 71.3 Å². The Kier molecular flexibility index (Phi) is 4.41. The molecule has 0 unspecified atom stereocenters. The highest BCUT2D eigenvalue weighted by Gasteiger charge is 2.35. The fraction of sp³-hybridized carbons (Fsp3) is 0.545. The molecule has 2 aromatic rings. The van der Waals surface area contributed by atoms with E-state index < -0.39 is 0 Å². The Morgan fingerprint density at radius 2 is 1.86 bits per heavy atom. The summed E-state index contributed by atoms with van der Waals surface area (Å²) >= 11 is 0. The Bertz CT molecular complexity index is 1020. The molecule has 0 aliphatic carbocycles. The zero-order valence-corrected chi connectivity index (χ0v) is 17.1. The summed E-state index contributed by atoms with van der Waals surface area (Å²) in [6.07, 6.45) is 3.37. The van der Waals surface area contributed by atoms with Gasteiger partial charge in [-0.25, -0.2) is 9.97 Å². The first-order chi connectivity index (χ1) is 14.0. The SMILES string of the molecule is CC(=O)N1C[C@@H]2C[C@H](C1)c1cc(-c3cc(C)nc(N4CCCC4)n3)cc(=O)n1C2. The number of pyridine rings is 1. The lowest BCUT2D eigenvalue weighted by Crippen LogP contribution is -2.48. The van der Waals surface area contributed by atoms with Crippen LogP contribution in [0.4, 0.5) is 5.95 Å². The van der Waals surface area contributed by atoms with Crippen LogP contribution in [-0.2, 0) is 11.3 Å². The second kappa shape index (κ2) is 6.97. The summed E-state index contributed by atoms with van der Waals surface area (Å²) in [7, 11) is 0. The molecule has 2 saturated heterocycles. The number of fused-ring (bicyclic) bond motifs is 4. The molecule has 0 N–H and O–H groups in total. The first-order valence-corrected chi connectivity index (χ1v) is 10.6. The third kappa shape index (κ3) is 3.32. The van der Waals surface area contributed by atoms with E-state index in [1.165, 1.54) is 12.8 Å². The molecular formula is C22H27N5O2. The molecule has 7 nitrogen and oxygen atoms in total. The second-order valence-corrected chi connectivity index (χ2v) is 8.73. The van der Waals surface area contributed by atoms with Gasteiger partial charge in [-0.1, -0.05) is 0 Å². The van der Waals surface area contributed by atoms with E-state index in [-0.39, 0.29) is 17.4 Å². The van der Waals surface area contributed by atoms with Crippen molar-refractivity contribution in [1.82, 2.24) is 19.4 Å². The lowest BCUT2D eigenvalue weighted by atomic mass is 9.82. The van der Waals surface area contributed by atoms with Crippen molar-refractivity contribution in [2.24, 2.45) is 5.92 Å². The van der Waals surface area contributed by atoms with E-state index in [2.05, 4.69) is 16.0 Å². The largest absolute Gasteiger partial charge is 0.342 e. The van der Waals surface area contributed by atoms with Gasteiger partial charge in [0.05, 0.1) is 5.69 Å². The predicted octanol–water partition coefficient (Wildman–Crippen LogP) is 2.18. The van der Waals surface area contributed by atoms with E-state index in [9.17, 15) is 9.59 Å². The van der Waals surface area contributed by atoms with Crippen molar-refractivity contribution < 1.29 is 4.79 Å². The molecule has 29 heavy (non-hydrogen) atoms. The molecule has 3 aliphatic heterocycles. The first kappa shape index (κ1) is 18.3. The number of carbonyl (C=O) groups is 1. The van der Waals surface area contributed by atoms with E-state index >= 15 is 0 Å². The summed E-state index contributed by atoms with van der Waals surface area (Å²) < 4.78 is 1.91. The number of piperidine rings is 1. The molecule has 3 aliphatic rings. The Balaban J connectivity index is 1.55. The highest BCUT2D eigenvalue weighted by atomic mass is 16.2. The van der Waals surface area contributed by atoms with Crippen LogP contribution in [0.1, 0.15) is 43.5 Å². The van der Waals surface area contributed by atoms with Crippen LogP contribution in [-0.4, -0.2) is 51.5 Å². The van der Waals surface area contributed by atoms with Gasteiger partial charge in [-0.3, -0.25) is 9.59 Å². The van der Waals surface area contributed by atoms with Gasteiger partial charge in [0, 0.05) is 68.6 Å². The third-order valence-corrected chi connectivity index (χ3v) is 6.53. The van der Waals surface area contributed by atoms with Crippen LogP contribution >= 0.6 is 0 Å². The van der Waals surface area contributed by atoms with Gasteiger partial charge in [-0.15, -0.1) is 0 Å². The quantitative estimate of drug-likeness (QED) is 0.782. The number of hydrogen-bond acceptors (Lipinski definition) is 5. The maximum atomic E-state index is 13.0. The fourth-order valence-corrected chi connectivity index (χ4v) is 5.12. The van der Waals surface area contributed by atoms with Gasteiger partial charge in [-0.2, -0.15) is 0 Å². The van der Waals surface area contributed by atoms with Crippen molar-refractivity contribution in [3.8, 4) is 11.3 Å². The normalized spacial score (nSPS) is 23.2. The maximum absolute atomic E-state index is 13.0. The van der Waals surface area contributed by atoms with E-state index in [1.807, 2.05) is 22.5 Å². The molecule has 2 atom stereocenters. The minimum Gasteiger partial charge on any atom is -0.342 e. The van der Waals surface area contributed by atoms with E-state index in [4.69, 9.17) is 4.98 Å². The van der Waals surface area contributed by atoms with Crippen molar-refractivity contribution >= 4 is 11.9 Å².